The van der Waals surface area contributed by atoms with E-state index in [1.54, 1.807) is 6.07 Å². The Kier molecular flexibility index (Phi) is 5.03. The normalized spacial score (nSPS) is 14.2. The molecule has 3 heterocycles. The number of para-hydroxylation sites is 1. The molecule has 0 saturated carbocycles. The SMILES string of the molecule is Cc1cc(C(=O)C(C#N)c2nc3sc4c(c3c(=O)[nH]2)CCCC4)c(C)n1-c1ccccc1. The fourth-order valence-corrected chi connectivity index (χ4v) is 5.97. The number of ketones is 1. The molecule has 0 radical (unpaired) electrons. The first-order valence-electron chi connectivity index (χ1n) is 10.7. The van der Waals surface area contributed by atoms with Crippen molar-refractivity contribution in [1.82, 2.24) is 14.5 Å². The van der Waals surface area contributed by atoms with E-state index in [1.165, 1.54) is 16.2 Å². The van der Waals surface area contributed by atoms with Gasteiger partial charge in [-0.1, -0.05) is 18.2 Å². The van der Waals surface area contributed by atoms with Gasteiger partial charge in [-0.15, -0.1) is 11.3 Å². The molecule has 4 aromatic rings. The van der Waals surface area contributed by atoms with E-state index in [0.29, 0.717) is 15.8 Å². The van der Waals surface area contributed by atoms with Crippen molar-refractivity contribution in [2.45, 2.75) is 45.4 Å². The lowest BCUT2D eigenvalue weighted by Crippen LogP contribution is -2.20. The van der Waals surface area contributed by atoms with Crippen molar-refractivity contribution in [3.05, 3.63) is 80.0 Å². The van der Waals surface area contributed by atoms with Gasteiger partial charge in [0, 0.05) is 27.5 Å². The van der Waals surface area contributed by atoms with Crippen molar-refractivity contribution in [2.24, 2.45) is 0 Å². The van der Waals surface area contributed by atoms with Crippen molar-refractivity contribution >= 4 is 27.3 Å². The Morgan fingerprint density at radius 3 is 2.72 bits per heavy atom. The van der Waals surface area contributed by atoms with Crippen LogP contribution in [0, 0.1) is 25.2 Å². The zero-order chi connectivity index (χ0) is 22.4. The Balaban J connectivity index is 1.58. The van der Waals surface area contributed by atoms with Crippen molar-refractivity contribution in [2.75, 3.05) is 0 Å². The summed E-state index contributed by atoms with van der Waals surface area (Å²) in [5, 5.41) is 10.5. The Morgan fingerprint density at radius 2 is 1.97 bits per heavy atom. The van der Waals surface area contributed by atoms with Crippen LogP contribution in [-0.2, 0) is 12.8 Å². The number of nitriles is 1. The van der Waals surface area contributed by atoms with Crippen LogP contribution in [0.2, 0.25) is 0 Å². The number of thiophene rings is 1. The van der Waals surface area contributed by atoms with Crippen LogP contribution in [0.25, 0.3) is 15.9 Å². The number of hydrogen-bond acceptors (Lipinski definition) is 5. The molecule has 1 aromatic carbocycles. The Bertz CT molecular complexity index is 1450. The average Bonchev–Trinajstić information content (AvgIpc) is 3.31. The standard InChI is InChI=1S/C25H22N4O2S/c1-14-12-18(15(2)29(14)16-8-4-3-5-9-16)22(30)19(13-26)23-27-24(31)21-17-10-6-7-11-20(17)32-25(21)28-23/h3-5,8-9,12,19H,6-7,10-11H2,1-2H3,(H,27,28,31). The topological polar surface area (TPSA) is 91.5 Å². The smallest absolute Gasteiger partial charge is 0.259 e. The number of carbonyl (C=O) groups is 1. The van der Waals surface area contributed by atoms with E-state index in [-0.39, 0.29) is 17.2 Å². The summed E-state index contributed by atoms with van der Waals surface area (Å²) in [6.45, 7) is 3.80. The van der Waals surface area contributed by atoms with Crippen molar-refractivity contribution in [3.8, 4) is 11.8 Å². The Morgan fingerprint density at radius 1 is 1.22 bits per heavy atom. The highest BCUT2D eigenvalue weighted by atomic mass is 32.1. The lowest BCUT2D eigenvalue weighted by molar-refractivity contribution is 0.0975. The maximum Gasteiger partial charge on any atom is 0.259 e. The maximum absolute atomic E-state index is 13.4. The molecule has 1 N–H and O–H groups in total. The third-order valence-electron chi connectivity index (χ3n) is 6.22. The number of H-pyrrole nitrogens is 1. The van der Waals surface area contributed by atoms with Gasteiger partial charge in [-0.2, -0.15) is 5.26 Å². The summed E-state index contributed by atoms with van der Waals surface area (Å²) in [7, 11) is 0. The molecular weight excluding hydrogens is 420 g/mol. The minimum Gasteiger partial charge on any atom is -0.318 e. The molecule has 0 spiro atoms. The molecule has 0 saturated heterocycles. The predicted molar refractivity (Wildman–Crippen MR) is 125 cm³/mol. The lowest BCUT2D eigenvalue weighted by atomic mass is 9.96. The summed E-state index contributed by atoms with van der Waals surface area (Å²) >= 11 is 1.51. The zero-order valence-corrected chi connectivity index (χ0v) is 18.8. The van der Waals surface area contributed by atoms with Crippen molar-refractivity contribution < 1.29 is 4.79 Å². The predicted octanol–water partition coefficient (Wildman–Crippen LogP) is 4.76. The van der Waals surface area contributed by atoms with E-state index in [0.717, 1.165) is 48.3 Å². The number of nitrogens with one attached hydrogen (secondary N) is 1. The Hall–Kier alpha value is -3.50. The van der Waals surface area contributed by atoms with Crippen LogP contribution >= 0.6 is 11.3 Å². The average molecular weight is 443 g/mol. The quantitative estimate of drug-likeness (QED) is 0.461. The molecule has 0 aliphatic heterocycles. The van der Waals surface area contributed by atoms with Gasteiger partial charge in [-0.25, -0.2) is 4.98 Å². The van der Waals surface area contributed by atoms with Crippen LogP contribution in [0.15, 0.2) is 41.2 Å². The second-order valence-corrected chi connectivity index (χ2v) is 9.31. The summed E-state index contributed by atoms with van der Waals surface area (Å²) < 4.78 is 1.99. The van der Waals surface area contributed by atoms with Gasteiger partial charge in [0.15, 0.2) is 11.7 Å². The van der Waals surface area contributed by atoms with Crippen LogP contribution in [0.4, 0.5) is 0 Å². The number of carbonyl (C=O) groups excluding carboxylic acids is 1. The number of aromatic nitrogens is 3. The molecule has 0 fully saturated rings. The molecule has 5 rings (SSSR count). The summed E-state index contributed by atoms with van der Waals surface area (Å²) in [5.41, 5.74) is 3.90. The monoisotopic (exact) mass is 442 g/mol. The summed E-state index contributed by atoms with van der Waals surface area (Å²) in [6.07, 6.45) is 4.01. The molecule has 1 unspecified atom stereocenters. The number of benzene rings is 1. The zero-order valence-electron chi connectivity index (χ0n) is 17.9. The van der Waals surface area contributed by atoms with Gasteiger partial charge in [0.05, 0.1) is 11.5 Å². The van der Waals surface area contributed by atoms with Crippen LogP contribution in [0.3, 0.4) is 0 Å². The molecular formula is C25H22N4O2S. The molecule has 0 bridgehead atoms. The third kappa shape index (κ3) is 3.19. The molecule has 160 valence electrons. The summed E-state index contributed by atoms with van der Waals surface area (Å²) in [6, 6.07) is 13.7. The first-order chi connectivity index (χ1) is 15.5. The molecule has 7 heteroatoms. The number of nitrogens with zero attached hydrogens (tertiary/aromatic N) is 3. The number of rotatable bonds is 4. The first-order valence-corrected chi connectivity index (χ1v) is 11.5. The minimum absolute atomic E-state index is 0.123. The fourth-order valence-electron chi connectivity index (χ4n) is 4.70. The molecule has 6 nitrogen and oxygen atoms in total. The molecule has 1 aliphatic carbocycles. The van der Waals surface area contributed by atoms with Gasteiger partial charge in [-0.3, -0.25) is 9.59 Å². The molecule has 3 aromatic heterocycles. The van der Waals surface area contributed by atoms with E-state index in [1.807, 2.05) is 48.7 Å². The maximum atomic E-state index is 13.4. The molecule has 0 amide bonds. The third-order valence-corrected chi connectivity index (χ3v) is 7.40. The summed E-state index contributed by atoms with van der Waals surface area (Å²) in [4.78, 5) is 35.5. The highest BCUT2D eigenvalue weighted by molar-refractivity contribution is 7.18. The van der Waals surface area contributed by atoms with Crippen LogP contribution in [-0.4, -0.2) is 20.3 Å². The number of Topliss-reactive ketones (excluding diaryl/α,β-unsaturated/α-hetero) is 1. The van der Waals surface area contributed by atoms with Gasteiger partial charge in [-0.05, 0) is 63.3 Å². The number of aryl methyl sites for hydroxylation is 3. The van der Waals surface area contributed by atoms with Crippen LogP contribution < -0.4 is 5.56 Å². The highest BCUT2D eigenvalue weighted by Crippen LogP contribution is 2.34. The van der Waals surface area contributed by atoms with Gasteiger partial charge in [0.1, 0.15) is 10.7 Å². The summed E-state index contributed by atoms with van der Waals surface area (Å²) in [5.74, 6) is -1.40. The fraction of sp³-hybridized carbons (Fsp3) is 0.280. The van der Waals surface area contributed by atoms with Crippen LogP contribution in [0.5, 0.6) is 0 Å². The van der Waals surface area contributed by atoms with Gasteiger partial charge in [0.25, 0.3) is 5.56 Å². The first kappa shape index (κ1) is 20.4. The van der Waals surface area contributed by atoms with E-state index < -0.39 is 5.92 Å². The molecule has 1 aliphatic rings. The van der Waals surface area contributed by atoms with Crippen LogP contribution in [0.1, 0.15) is 56.8 Å². The van der Waals surface area contributed by atoms with E-state index in [2.05, 4.69) is 16.0 Å². The largest absolute Gasteiger partial charge is 0.318 e. The molecule has 1 atom stereocenters. The van der Waals surface area contributed by atoms with Gasteiger partial charge < -0.3 is 9.55 Å². The molecule has 32 heavy (non-hydrogen) atoms. The van der Waals surface area contributed by atoms with Crippen molar-refractivity contribution in [1.29, 1.82) is 5.26 Å². The number of aromatic amines is 1. The minimum atomic E-state index is -1.17. The van der Waals surface area contributed by atoms with Gasteiger partial charge >= 0.3 is 0 Å². The second-order valence-electron chi connectivity index (χ2n) is 8.22. The highest BCUT2D eigenvalue weighted by Gasteiger charge is 2.29. The van der Waals surface area contributed by atoms with E-state index in [9.17, 15) is 14.9 Å². The van der Waals surface area contributed by atoms with Crippen molar-refractivity contribution in [3.63, 3.8) is 0 Å². The number of fused-ring (bicyclic) bond motifs is 3. The van der Waals surface area contributed by atoms with E-state index >= 15 is 0 Å². The number of hydrogen-bond donors (Lipinski definition) is 1. The lowest BCUT2D eigenvalue weighted by Gasteiger charge is -2.11. The van der Waals surface area contributed by atoms with Gasteiger partial charge in [0.2, 0.25) is 0 Å². The Labute approximate surface area is 189 Å². The van der Waals surface area contributed by atoms with E-state index in [4.69, 9.17) is 0 Å². The second kappa shape index (κ2) is 7.88.